The predicted octanol–water partition coefficient (Wildman–Crippen LogP) is 5.98. The topological polar surface area (TPSA) is 74.2 Å². The monoisotopic (exact) mass is 535 g/mol. The molecule has 0 spiro atoms. The third-order valence-corrected chi connectivity index (χ3v) is 6.99. The Morgan fingerprint density at radius 1 is 1.03 bits per heavy atom. The van der Waals surface area contributed by atoms with Gasteiger partial charge in [-0.15, -0.1) is 0 Å². The van der Waals surface area contributed by atoms with Gasteiger partial charge in [0.25, 0.3) is 0 Å². The van der Waals surface area contributed by atoms with E-state index in [0.717, 1.165) is 25.0 Å². The van der Waals surface area contributed by atoms with Gasteiger partial charge in [0.15, 0.2) is 0 Å². The van der Waals surface area contributed by atoms with E-state index in [4.69, 9.17) is 11.6 Å². The first-order chi connectivity index (χ1) is 17.6. The van der Waals surface area contributed by atoms with Crippen LogP contribution in [0.3, 0.4) is 0 Å². The summed E-state index contributed by atoms with van der Waals surface area (Å²) in [5.74, 6) is -1.11. The van der Waals surface area contributed by atoms with Crippen molar-refractivity contribution in [3.63, 3.8) is 0 Å². The van der Waals surface area contributed by atoms with E-state index in [1.54, 1.807) is 30.3 Å². The summed E-state index contributed by atoms with van der Waals surface area (Å²) in [6.45, 7) is -0.288. The summed E-state index contributed by atoms with van der Waals surface area (Å²) in [7, 11) is 0. The second kappa shape index (κ2) is 10.7. The van der Waals surface area contributed by atoms with Gasteiger partial charge in [-0.3, -0.25) is 4.98 Å². The number of urea groups is 1. The molecule has 4 rings (SSSR count). The summed E-state index contributed by atoms with van der Waals surface area (Å²) in [5.41, 5.74) is -3.08. The number of nitrogens with one attached hydrogen (secondary N) is 2. The van der Waals surface area contributed by atoms with E-state index in [2.05, 4.69) is 15.6 Å². The molecule has 0 radical (unpaired) electrons. The summed E-state index contributed by atoms with van der Waals surface area (Å²) < 4.78 is 55.8. The normalized spacial score (nSPS) is 16.7. The van der Waals surface area contributed by atoms with E-state index in [0.29, 0.717) is 24.5 Å². The third kappa shape index (κ3) is 6.05. The number of hydrogen-bond donors (Lipinski definition) is 3. The molecule has 37 heavy (non-hydrogen) atoms. The van der Waals surface area contributed by atoms with Crippen LogP contribution in [-0.4, -0.2) is 28.3 Å². The lowest BCUT2D eigenvalue weighted by Gasteiger charge is -2.37. The summed E-state index contributed by atoms with van der Waals surface area (Å²) in [4.78, 5) is 17.8. The lowest BCUT2D eigenvalue weighted by Crippen LogP contribution is -2.58. The fourth-order valence-corrected chi connectivity index (χ4v) is 5.00. The van der Waals surface area contributed by atoms with Crippen LogP contribution in [0.2, 0.25) is 5.02 Å². The molecular weight excluding hydrogens is 510 g/mol. The van der Waals surface area contributed by atoms with E-state index < -0.39 is 34.7 Å². The molecule has 10 heteroatoms. The first-order valence-electron chi connectivity index (χ1n) is 11.8. The number of pyridine rings is 1. The highest BCUT2D eigenvalue weighted by atomic mass is 35.5. The average Bonchev–Trinajstić information content (AvgIpc) is 3.32. The van der Waals surface area contributed by atoms with Crippen molar-refractivity contribution in [1.29, 1.82) is 0 Å². The van der Waals surface area contributed by atoms with Crippen LogP contribution in [0.25, 0.3) is 0 Å². The molecule has 2 aromatic carbocycles. The summed E-state index contributed by atoms with van der Waals surface area (Å²) in [6.07, 6.45) is -0.813. The lowest BCUT2D eigenvalue weighted by atomic mass is 9.79. The van der Waals surface area contributed by atoms with Crippen molar-refractivity contribution >= 4 is 17.6 Å². The van der Waals surface area contributed by atoms with Crippen LogP contribution in [0.4, 0.5) is 22.4 Å². The van der Waals surface area contributed by atoms with Gasteiger partial charge in [-0.25, -0.2) is 9.18 Å². The minimum atomic E-state index is -4.82. The zero-order chi connectivity index (χ0) is 26.7. The molecule has 1 aliphatic carbocycles. The first kappa shape index (κ1) is 26.9. The maximum absolute atomic E-state index is 14.7. The van der Waals surface area contributed by atoms with Gasteiger partial charge < -0.3 is 15.7 Å². The van der Waals surface area contributed by atoms with Crippen molar-refractivity contribution in [2.75, 3.05) is 6.61 Å². The second-order valence-electron chi connectivity index (χ2n) is 9.38. The molecule has 1 atom stereocenters. The number of carbonyl (C=O) groups is 1. The molecule has 1 saturated carbocycles. The first-order valence-corrected chi connectivity index (χ1v) is 12.2. The van der Waals surface area contributed by atoms with Crippen molar-refractivity contribution in [1.82, 2.24) is 15.6 Å². The summed E-state index contributed by atoms with van der Waals surface area (Å²) in [5, 5.41) is 15.9. The molecule has 5 nitrogen and oxygen atoms in total. The fraction of sp³-hybridized carbons (Fsp3) is 0.333. The number of rotatable bonds is 7. The average molecular weight is 536 g/mol. The predicted molar refractivity (Wildman–Crippen MR) is 132 cm³/mol. The number of alkyl halides is 3. The molecule has 196 valence electrons. The van der Waals surface area contributed by atoms with Crippen molar-refractivity contribution in [2.45, 2.75) is 49.4 Å². The van der Waals surface area contributed by atoms with E-state index >= 15 is 0 Å². The summed E-state index contributed by atoms with van der Waals surface area (Å²) in [6, 6.07) is 13.2. The Morgan fingerprint density at radius 3 is 2.30 bits per heavy atom. The molecule has 3 aromatic rings. The van der Waals surface area contributed by atoms with Crippen LogP contribution in [0.15, 0.2) is 66.9 Å². The number of aliphatic hydroxyl groups is 1. The quantitative estimate of drug-likeness (QED) is 0.326. The maximum atomic E-state index is 14.7. The zero-order valence-corrected chi connectivity index (χ0v) is 20.5. The Hall–Kier alpha value is -3.17. The SMILES string of the molecule is O=C(NC1(CO)CCCC1)NC(Cc1ccccc1)(c1cc(F)cc(C(F)(F)F)c1)c1ccc(Cl)cn1. The van der Waals surface area contributed by atoms with E-state index in [9.17, 15) is 27.5 Å². The molecule has 0 bridgehead atoms. The molecule has 1 aromatic heterocycles. The number of halogens is 5. The number of aliphatic hydroxyl groups excluding tert-OH is 1. The second-order valence-corrected chi connectivity index (χ2v) is 9.82. The van der Waals surface area contributed by atoms with E-state index in [-0.39, 0.29) is 29.3 Å². The number of aromatic nitrogens is 1. The zero-order valence-electron chi connectivity index (χ0n) is 19.8. The Kier molecular flexibility index (Phi) is 7.75. The Morgan fingerprint density at radius 2 is 1.70 bits per heavy atom. The molecule has 1 aliphatic rings. The van der Waals surface area contributed by atoms with Crippen LogP contribution < -0.4 is 10.6 Å². The number of amides is 2. The smallest absolute Gasteiger partial charge is 0.394 e. The van der Waals surface area contributed by atoms with E-state index in [1.165, 1.54) is 18.3 Å². The highest BCUT2D eigenvalue weighted by Gasteiger charge is 2.43. The molecule has 1 fully saturated rings. The van der Waals surface area contributed by atoms with E-state index in [1.807, 2.05) is 0 Å². The molecule has 0 saturated heterocycles. The van der Waals surface area contributed by atoms with Gasteiger partial charge in [0.05, 0.1) is 28.4 Å². The minimum Gasteiger partial charge on any atom is -0.394 e. The Labute approximate surface area is 216 Å². The van der Waals surface area contributed by atoms with Crippen LogP contribution in [-0.2, 0) is 18.1 Å². The molecule has 1 heterocycles. The van der Waals surface area contributed by atoms with Crippen molar-refractivity contribution in [2.24, 2.45) is 0 Å². The van der Waals surface area contributed by atoms with Gasteiger partial charge in [0.2, 0.25) is 0 Å². The molecule has 1 unspecified atom stereocenters. The number of benzene rings is 2. The summed E-state index contributed by atoms with van der Waals surface area (Å²) >= 11 is 6.04. The highest BCUT2D eigenvalue weighted by Crippen LogP contribution is 2.38. The van der Waals surface area contributed by atoms with Gasteiger partial charge >= 0.3 is 12.2 Å². The Balaban J connectivity index is 1.90. The highest BCUT2D eigenvalue weighted by molar-refractivity contribution is 6.30. The molecule has 0 aliphatic heterocycles. The van der Waals surface area contributed by atoms with Crippen LogP contribution in [0.5, 0.6) is 0 Å². The van der Waals surface area contributed by atoms with Crippen LogP contribution in [0, 0.1) is 5.82 Å². The van der Waals surface area contributed by atoms with Crippen LogP contribution >= 0.6 is 11.6 Å². The van der Waals surface area contributed by atoms with Gasteiger partial charge in [-0.05, 0) is 54.3 Å². The van der Waals surface area contributed by atoms with Gasteiger partial charge in [0, 0.05) is 12.6 Å². The minimum absolute atomic E-state index is 0.0389. The van der Waals surface area contributed by atoms with Crippen LogP contribution in [0.1, 0.15) is 48.1 Å². The van der Waals surface area contributed by atoms with Crippen molar-refractivity contribution in [3.05, 3.63) is 100 Å². The lowest BCUT2D eigenvalue weighted by molar-refractivity contribution is -0.137. The molecule has 3 N–H and O–H groups in total. The fourth-order valence-electron chi connectivity index (χ4n) is 4.89. The van der Waals surface area contributed by atoms with Crippen molar-refractivity contribution < 1.29 is 27.5 Å². The molecular formula is C27H26ClF4N3O2. The number of nitrogens with zero attached hydrogens (tertiary/aromatic N) is 1. The number of hydrogen-bond acceptors (Lipinski definition) is 3. The third-order valence-electron chi connectivity index (χ3n) is 6.76. The molecule has 2 amide bonds. The maximum Gasteiger partial charge on any atom is 0.416 e. The van der Waals surface area contributed by atoms with Gasteiger partial charge in [-0.1, -0.05) is 54.8 Å². The number of carbonyl (C=O) groups excluding carboxylic acids is 1. The Bertz CT molecular complexity index is 1230. The van der Waals surface area contributed by atoms with Crippen molar-refractivity contribution in [3.8, 4) is 0 Å². The largest absolute Gasteiger partial charge is 0.416 e. The van der Waals surface area contributed by atoms with Gasteiger partial charge in [-0.2, -0.15) is 13.2 Å². The van der Waals surface area contributed by atoms with Gasteiger partial charge in [0.1, 0.15) is 11.4 Å². The standard InChI is InChI=1S/C27H26ClF4N3O2/c28-21-8-9-23(33-16-21)26(15-18-6-2-1-3-7-18,19-12-20(27(30,31)32)14-22(29)13-19)35-24(37)34-25(17-36)10-4-5-11-25/h1-3,6-9,12-14,16,36H,4-5,10-11,15,17H2,(H2,34,35,37).